The first-order valence-electron chi connectivity index (χ1n) is 12.3. The maximum absolute atomic E-state index is 13.3. The molecule has 1 saturated heterocycles. The second kappa shape index (κ2) is 11.3. The maximum Gasteiger partial charge on any atom is 0.295 e. The van der Waals surface area contributed by atoms with Gasteiger partial charge in [0.05, 0.1) is 32.4 Å². The highest BCUT2D eigenvalue weighted by Gasteiger charge is 2.46. The average molecular weight is 518 g/mol. The molecule has 8 heteroatoms. The quantitative estimate of drug-likeness (QED) is 0.239. The number of nitrogens with zero attached hydrogens (tertiary/aromatic N) is 1. The monoisotopic (exact) mass is 517 g/mol. The van der Waals surface area contributed by atoms with Gasteiger partial charge in [0, 0.05) is 12.1 Å². The third-order valence-corrected chi connectivity index (χ3v) is 6.55. The summed E-state index contributed by atoms with van der Waals surface area (Å²) < 4.78 is 16.3. The van der Waals surface area contributed by atoms with Crippen LogP contribution in [0.3, 0.4) is 0 Å². The van der Waals surface area contributed by atoms with Crippen LogP contribution in [-0.2, 0) is 16.0 Å². The third kappa shape index (κ3) is 5.16. The van der Waals surface area contributed by atoms with Crippen molar-refractivity contribution in [2.45, 2.75) is 26.3 Å². The van der Waals surface area contributed by atoms with Crippen LogP contribution in [-0.4, -0.2) is 54.2 Å². The SMILES string of the molecule is CCOc1cc([C@H]2C(=C(O)c3ccc(C)cc3)C(=O)C(=O)N2CCc2ccc(OC)c(OC)c2)ccc1O. The molecule has 0 aliphatic carbocycles. The Bertz CT molecular complexity index is 1380. The normalized spacial score (nSPS) is 16.5. The van der Waals surface area contributed by atoms with Crippen molar-refractivity contribution in [3.63, 3.8) is 0 Å². The lowest BCUT2D eigenvalue weighted by atomic mass is 9.94. The number of hydrogen-bond acceptors (Lipinski definition) is 7. The van der Waals surface area contributed by atoms with Gasteiger partial charge in [0.2, 0.25) is 0 Å². The number of likely N-dealkylation sites (tertiary alicyclic amines) is 1. The molecule has 1 atom stereocenters. The molecular formula is C30H31NO7. The van der Waals surface area contributed by atoms with E-state index >= 15 is 0 Å². The van der Waals surface area contributed by atoms with E-state index in [9.17, 15) is 19.8 Å². The number of benzene rings is 3. The van der Waals surface area contributed by atoms with Gasteiger partial charge in [-0.15, -0.1) is 0 Å². The Kier molecular flexibility index (Phi) is 7.90. The molecule has 38 heavy (non-hydrogen) atoms. The number of ether oxygens (including phenoxy) is 3. The molecule has 4 rings (SSSR count). The van der Waals surface area contributed by atoms with E-state index in [0.29, 0.717) is 35.7 Å². The number of rotatable bonds is 9. The van der Waals surface area contributed by atoms with E-state index in [-0.39, 0.29) is 29.4 Å². The van der Waals surface area contributed by atoms with Crippen molar-refractivity contribution in [3.8, 4) is 23.0 Å². The molecule has 0 spiro atoms. The van der Waals surface area contributed by atoms with Crippen LogP contribution < -0.4 is 14.2 Å². The van der Waals surface area contributed by atoms with E-state index in [1.54, 1.807) is 51.5 Å². The molecule has 2 N–H and O–H groups in total. The molecular weight excluding hydrogens is 486 g/mol. The smallest absolute Gasteiger partial charge is 0.295 e. The summed E-state index contributed by atoms with van der Waals surface area (Å²) in [5, 5.41) is 21.5. The van der Waals surface area contributed by atoms with Crippen molar-refractivity contribution in [2.24, 2.45) is 0 Å². The second-order valence-electron chi connectivity index (χ2n) is 8.96. The highest BCUT2D eigenvalue weighted by atomic mass is 16.5. The number of carbonyl (C=O) groups is 2. The van der Waals surface area contributed by atoms with Gasteiger partial charge in [-0.25, -0.2) is 0 Å². The molecule has 0 unspecified atom stereocenters. The molecule has 1 aliphatic rings. The van der Waals surface area contributed by atoms with Gasteiger partial charge >= 0.3 is 0 Å². The number of aryl methyl sites for hydroxylation is 1. The summed E-state index contributed by atoms with van der Waals surface area (Å²) in [5.41, 5.74) is 2.82. The number of aliphatic hydroxyl groups excluding tert-OH is 1. The van der Waals surface area contributed by atoms with Gasteiger partial charge in [-0.3, -0.25) is 9.59 Å². The number of ketones is 1. The minimum Gasteiger partial charge on any atom is -0.507 e. The number of carbonyl (C=O) groups excluding carboxylic acids is 2. The first-order chi connectivity index (χ1) is 18.3. The van der Waals surface area contributed by atoms with E-state index < -0.39 is 17.7 Å². The molecule has 198 valence electrons. The number of methoxy groups -OCH3 is 2. The van der Waals surface area contributed by atoms with Crippen LogP contribution in [0.25, 0.3) is 5.76 Å². The van der Waals surface area contributed by atoms with E-state index in [1.807, 2.05) is 31.2 Å². The Balaban J connectivity index is 1.78. The molecule has 1 fully saturated rings. The molecule has 0 saturated carbocycles. The molecule has 0 bridgehead atoms. The number of amides is 1. The number of Topliss-reactive ketones (excluding diaryl/α,β-unsaturated/α-hetero) is 1. The number of hydrogen-bond donors (Lipinski definition) is 2. The molecule has 1 heterocycles. The van der Waals surface area contributed by atoms with E-state index in [1.165, 1.54) is 11.0 Å². The van der Waals surface area contributed by atoms with Crippen molar-refractivity contribution in [2.75, 3.05) is 27.4 Å². The van der Waals surface area contributed by atoms with Gasteiger partial charge < -0.3 is 29.3 Å². The van der Waals surface area contributed by atoms with Crippen molar-refractivity contribution in [1.29, 1.82) is 0 Å². The summed E-state index contributed by atoms with van der Waals surface area (Å²) in [6, 6.07) is 16.3. The zero-order chi connectivity index (χ0) is 27.4. The summed E-state index contributed by atoms with van der Waals surface area (Å²) in [7, 11) is 3.10. The van der Waals surface area contributed by atoms with Crippen LogP contribution in [0, 0.1) is 6.92 Å². The van der Waals surface area contributed by atoms with Crippen LogP contribution in [0.1, 0.15) is 35.2 Å². The number of phenols is 1. The van der Waals surface area contributed by atoms with Crippen LogP contribution in [0.4, 0.5) is 0 Å². The van der Waals surface area contributed by atoms with Crippen LogP contribution in [0.2, 0.25) is 0 Å². The molecule has 3 aromatic carbocycles. The summed E-state index contributed by atoms with van der Waals surface area (Å²) in [5.74, 6) is -0.429. The largest absolute Gasteiger partial charge is 0.507 e. The summed E-state index contributed by atoms with van der Waals surface area (Å²) >= 11 is 0. The average Bonchev–Trinajstić information content (AvgIpc) is 3.18. The molecule has 0 aromatic heterocycles. The fourth-order valence-corrected chi connectivity index (χ4v) is 4.58. The summed E-state index contributed by atoms with van der Waals surface area (Å²) in [6.45, 7) is 4.22. The van der Waals surface area contributed by atoms with Crippen LogP contribution in [0.15, 0.2) is 66.2 Å². The first-order valence-corrected chi connectivity index (χ1v) is 12.3. The van der Waals surface area contributed by atoms with Gasteiger partial charge in [-0.1, -0.05) is 42.0 Å². The summed E-state index contributed by atoms with van der Waals surface area (Å²) in [4.78, 5) is 28.1. The van der Waals surface area contributed by atoms with Crippen molar-refractivity contribution in [1.82, 2.24) is 4.90 Å². The predicted molar refractivity (Wildman–Crippen MR) is 143 cm³/mol. The van der Waals surface area contributed by atoms with Gasteiger partial charge in [-0.05, 0) is 55.7 Å². The van der Waals surface area contributed by atoms with Crippen molar-refractivity contribution >= 4 is 17.4 Å². The zero-order valence-corrected chi connectivity index (χ0v) is 21.9. The Hall–Kier alpha value is -4.46. The van der Waals surface area contributed by atoms with E-state index in [2.05, 4.69) is 0 Å². The van der Waals surface area contributed by atoms with Gasteiger partial charge in [0.1, 0.15) is 5.76 Å². The topological polar surface area (TPSA) is 106 Å². The lowest BCUT2D eigenvalue weighted by molar-refractivity contribution is -0.139. The lowest BCUT2D eigenvalue weighted by Gasteiger charge is -2.26. The molecule has 1 amide bonds. The van der Waals surface area contributed by atoms with Gasteiger partial charge in [-0.2, -0.15) is 0 Å². The Labute approximate surface area is 221 Å². The minimum atomic E-state index is -0.878. The summed E-state index contributed by atoms with van der Waals surface area (Å²) in [6.07, 6.45) is 0.421. The number of aliphatic hydroxyl groups is 1. The van der Waals surface area contributed by atoms with E-state index in [0.717, 1.165) is 11.1 Å². The van der Waals surface area contributed by atoms with E-state index in [4.69, 9.17) is 14.2 Å². The molecule has 8 nitrogen and oxygen atoms in total. The Morgan fingerprint density at radius 2 is 1.63 bits per heavy atom. The zero-order valence-electron chi connectivity index (χ0n) is 21.9. The number of aromatic hydroxyl groups is 1. The van der Waals surface area contributed by atoms with Crippen molar-refractivity contribution < 1.29 is 34.0 Å². The molecule has 3 aromatic rings. The maximum atomic E-state index is 13.3. The Morgan fingerprint density at radius 3 is 2.29 bits per heavy atom. The second-order valence-corrected chi connectivity index (χ2v) is 8.96. The standard InChI is InChI=1S/C30H31NO7/c1-5-38-24-17-21(11-12-22(24)32)27-26(28(33)20-9-6-18(2)7-10-20)29(34)30(35)31(27)15-14-19-8-13-23(36-3)25(16-19)37-4/h6-13,16-17,27,32-33H,5,14-15H2,1-4H3/t27-/m0/s1. The van der Waals surface area contributed by atoms with Gasteiger partial charge in [0.15, 0.2) is 23.0 Å². The Morgan fingerprint density at radius 1 is 0.921 bits per heavy atom. The number of phenolic OH excluding ortho intramolecular Hbond substituents is 1. The first kappa shape index (κ1) is 26.6. The van der Waals surface area contributed by atoms with Crippen LogP contribution in [0.5, 0.6) is 23.0 Å². The highest BCUT2D eigenvalue weighted by molar-refractivity contribution is 6.46. The predicted octanol–water partition coefficient (Wildman–Crippen LogP) is 4.78. The molecule has 1 aliphatic heterocycles. The fourth-order valence-electron chi connectivity index (χ4n) is 4.58. The third-order valence-electron chi connectivity index (χ3n) is 6.55. The fraction of sp³-hybridized carbons (Fsp3) is 0.267. The van der Waals surface area contributed by atoms with Gasteiger partial charge in [0.25, 0.3) is 11.7 Å². The van der Waals surface area contributed by atoms with Crippen molar-refractivity contribution in [3.05, 3.63) is 88.5 Å². The minimum absolute atomic E-state index is 0.0145. The lowest BCUT2D eigenvalue weighted by Crippen LogP contribution is -2.31. The van der Waals surface area contributed by atoms with Crippen LogP contribution >= 0.6 is 0 Å². The molecule has 0 radical (unpaired) electrons. The highest BCUT2D eigenvalue weighted by Crippen LogP contribution is 2.42.